The minimum Gasteiger partial charge on any atom is -0.339 e. The van der Waals surface area contributed by atoms with Crippen LogP contribution in [0.15, 0.2) is 23.0 Å². The fourth-order valence-corrected chi connectivity index (χ4v) is 7.20. The van der Waals surface area contributed by atoms with Gasteiger partial charge in [-0.25, -0.2) is 9.49 Å². The zero-order chi connectivity index (χ0) is 32.9. The zero-order valence-electron chi connectivity index (χ0n) is 27.0. The lowest BCUT2D eigenvalue weighted by molar-refractivity contribution is -0.134. The maximum atomic E-state index is 14.9. The normalized spacial score (nSPS) is 19.6. The number of benzene rings is 1. The predicted octanol–water partition coefficient (Wildman–Crippen LogP) is -1.05. The number of hydrogen-bond acceptors (Lipinski definition) is 8. The first-order valence-electron chi connectivity index (χ1n) is 16.8. The fraction of sp³-hybridized carbons (Fsp3) is 0.559. The van der Waals surface area contributed by atoms with Crippen LogP contribution in [-0.2, 0) is 16.0 Å². The Bertz CT molecular complexity index is 1650. The summed E-state index contributed by atoms with van der Waals surface area (Å²) >= 11 is 0. The highest BCUT2D eigenvalue weighted by Crippen LogP contribution is 2.20. The van der Waals surface area contributed by atoms with E-state index in [1.54, 1.807) is 17.0 Å². The first-order valence-corrected chi connectivity index (χ1v) is 16.8. The van der Waals surface area contributed by atoms with Crippen molar-refractivity contribution in [3.8, 4) is 0 Å². The van der Waals surface area contributed by atoms with Crippen LogP contribution in [0.2, 0.25) is 0 Å². The molecule has 13 heteroatoms. The number of nitrogens with zero attached hydrogens (tertiary/aromatic N) is 6. The summed E-state index contributed by atoms with van der Waals surface area (Å²) in [5.74, 6) is -0.302. The van der Waals surface area contributed by atoms with Gasteiger partial charge in [0.25, 0.3) is 11.5 Å². The molecule has 1 aromatic carbocycles. The molecule has 0 bridgehead atoms. The molecular formula is C34H45FN8O4. The van der Waals surface area contributed by atoms with E-state index in [1.165, 1.54) is 6.07 Å². The average molecular weight is 649 g/mol. The fourth-order valence-electron chi connectivity index (χ4n) is 7.20. The Morgan fingerprint density at radius 1 is 0.830 bits per heavy atom. The van der Waals surface area contributed by atoms with Crippen molar-refractivity contribution in [3.05, 3.63) is 61.6 Å². The predicted molar refractivity (Wildman–Crippen MR) is 175 cm³/mol. The van der Waals surface area contributed by atoms with Crippen LogP contribution in [0.4, 0.5) is 4.39 Å². The number of nitrogens with two attached hydrogens (primary N) is 1. The van der Waals surface area contributed by atoms with E-state index in [1.807, 2.05) is 22.0 Å². The third-order valence-electron chi connectivity index (χ3n) is 10.0. The van der Waals surface area contributed by atoms with Gasteiger partial charge in [0.15, 0.2) is 0 Å². The maximum absolute atomic E-state index is 14.9. The van der Waals surface area contributed by atoms with Gasteiger partial charge >= 0.3 is 0 Å². The molecule has 47 heavy (non-hydrogen) atoms. The largest absolute Gasteiger partial charge is 0.339 e. The first-order chi connectivity index (χ1) is 22.8. The van der Waals surface area contributed by atoms with Crippen molar-refractivity contribution in [3.63, 3.8) is 0 Å². The molecule has 0 radical (unpaired) electrons. The summed E-state index contributed by atoms with van der Waals surface area (Å²) in [6, 6.07) is 4.53. The molecule has 12 nitrogen and oxygen atoms in total. The number of amides is 3. The van der Waals surface area contributed by atoms with E-state index in [-0.39, 0.29) is 35.4 Å². The Morgan fingerprint density at radius 2 is 1.47 bits per heavy atom. The zero-order valence-corrected chi connectivity index (χ0v) is 27.0. The highest BCUT2D eigenvalue weighted by atomic mass is 19.1. The number of carbonyl (C=O) groups excluding carboxylic acids is 3. The number of aromatic nitrogens is 2. The lowest BCUT2D eigenvalue weighted by Gasteiger charge is -2.39. The van der Waals surface area contributed by atoms with Crippen LogP contribution < -0.4 is 21.7 Å². The third kappa shape index (κ3) is 7.79. The summed E-state index contributed by atoms with van der Waals surface area (Å²) in [6.45, 7) is 7.98. The van der Waals surface area contributed by atoms with Crippen molar-refractivity contribution in [2.24, 2.45) is 11.7 Å². The lowest BCUT2D eigenvalue weighted by Crippen LogP contribution is -2.53. The molecule has 3 saturated heterocycles. The first kappa shape index (κ1) is 33.0. The van der Waals surface area contributed by atoms with Crippen molar-refractivity contribution in [2.75, 3.05) is 85.1 Å². The van der Waals surface area contributed by atoms with Gasteiger partial charge in [-0.3, -0.25) is 29.0 Å². The van der Waals surface area contributed by atoms with Gasteiger partial charge in [0.2, 0.25) is 11.8 Å². The number of rotatable bonds is 8. The molecule has 3 fully saturated rings. The van der Waals surface area contributed by atoms with E-state index in [0.29, 0.717) is 56.0 Å². The quantitative estimate of drug-likeness (QED) is 0.370. The summed E-state index contributed by atoms with van der Waals surface area (Å²) in [5, 5.41) is 8.21. The van der Waals surface area contributed by atoms with Crippen molar-refractivity contribution < 1.29 is 18.8 Å². The second-order valence-corrected chi connectivity index (χ2v) is 13.1. The van der Waals surface area contributed by atoms with Gasteiger partial charge in [-0.05, 0) is 62.4 Å². The Labute approximate surface area is 273 Å². The smallest absolute Gasteiger partial charge is 0.271 e. The van der Waals surface area contributed by atoms with Crippen LogP contribution in [0, 0.1) is 11.7 Å². The number of nitrogens with one attached hydrogen (secondary N) is 1. The second-order valence-electron chi connectivity index (χ2n) is 13.1. The summed E-state index contributed by atoms with van der Waals surface area (Å²) in [4.78, 5) is 60.5. The summed E-state index contributed by atoms with van der Waals surface area (Å²) in [6.07, 6.45) is 7.98. The maximum Gasteiger partial charge on any atom is 0.271 e. The van der Waals surface area contributed by atoms with Gasteiger partial charge in [0.1, 0.15) is 5.82 Å². The van der Waals surface area contributed by atoms with Gasteiger partial charge in [0.05, 0.1) is 24.3 Å². The van der Waals surface area contributed by atoms with E-state index in [2.05, 4.69) is 20.0 Å². The molecule has 252 valence electrons. The topological polar surface area (TPSA) is 139 Å². The average Bonchev–Trinajstić information content (AvgIpc) is 3.11. The van der Waals surface area contributed by atoms with Gasteiger partial charge in [-0.15, -0.1) is 0 Å². The molecule has 0 atom stereocenters. The molecule has 1 aliphatic carbocycles. The van der Waals surface area contributed by atoms with Crippen LogP contribution in [0.25, 0.3) is 12.2 Å². The molecule has 3 N–H and O–H groups in total. The Morgan fingerprint density at radius 3 is 2.17 bits per heavy atom. The number of piperidine rings is 1. The van der Waals surface area contributed by atoms with Crippen LogP contribution >= 0.6 is 0 Å². The van der Waals surface area contributed by atoms with Crippen LogP contribution in [0.5, 0.6) is 0 Å². The van der Waals surface area contributed by atoms with Gasteiger partial charge in [-0.2, -0.15) is 5.10 Å². The minimum atomic E-state index is -0.582. The van der Waals surface area contributed by atoms with Crippen molar-refractivity contribution >= 4 is 29.9 Å². The molecule has 2 aromatic rings. The van der Waals surface area contributed by atoms with E-state index < -0.39 is 5.82 Å². The highest BCUT2D eigenvalue weighted by molar-refractivity contribution is 5.95. The lowest BCUT2D eigenvalue weighted by atomic mass is 9.96. The van der Waals surface area contributed by atoms with E-state index >= 15 is 0 Å². The molecule has 4 heterocycles. The SMILES string of the molecule is NCC(=O)N1CCN(CC2CCN(CC(=O)N3CCN(C(=O)c4cc(Cc5n[nH]c(=O)c6c5=CCCC=6)ccc4F)CC3)CC2)CC1. The van der Waals surface area contributed by atoms with Crippen LogP contribution in [0.3, 0.4) is 0 Å². The minimum absolute atomic E-state index is 0.00455. The monoisotopic (exact) mass is 648 g/mol. The number of fused-ring (bicyclic) bond motifs is 1. The number of H-pyrrole nitrogens is 1. The van der Waals surface area contributed by atoms with Gasteiger partial charge in [0, 0.05) is 75.8 Å². The molecule has 1 aromatic heterocycles. The molecule has 4 aliphatic rings. The molecule has 6 rings (SSSR count). The van der Waals surface area contributed by atoms with Gasteiger partial charge < -0.3 is 20.4 Å². The highest BCUT2D eigenvalue weighted by Gasteiger charge is 2.29. The van der Waals surface area contributed by atoms with Crippen LogP contribution in [-0.4, -0.2) is 138 Å². The number of piperazine rings is 2. The number of aromatic amines is 1. The molecule has 0 saturated carbocycles. The number of hydrogen-bond donors (Lipinski definition) is 2. The van der Waals surface area contributed by atoms with E-state index in [4.69, 9.17) is 5.73 Å². The number of halogens is 1. The molecule has 3 aliphatic heterocycles. The van der Waals surface area contributed by atoms with Crippen molar-refractivity contribution in [1.82, 2.24) is 34.7 Å². The molecule has 0 spiro atoms. The third-order valence-corrected chi connectivity index (χ3v) is 10.0. The van der Waals surface area contributed by atoms with E-state index in [0.717, 1.165) is 82.3 Å². The number of likely N-dealkylation sites (tertiary alicyclic amines) is 1. The van der Waals surface area contributed by atoms with Crippen molar-refractivity contribution in [2.45, 2.75) is 32.1 Å². The summed E-state index contributed by atoms with van der Waals surface area (Å²) in [7, 11) is 0. The van der Waals surface area contributed by atoms with E-state index in [9.17, 15) is 23.6 Å². The molecule has 3 amide bonds. The Hall–Kier alpha value is -3.94. The number of carbonyl (C=O) groups is 3. The Balaban J connectivity index is 0.961. The molecule has 0 unspecified atom stereocenters. The standard InChI is InChI=1S/C34H45FN8O4/c35-29-6-5-25(20-30-26-3-1-2-4-27(26)33(46)38-37-30)19-28(29)34(47)43-17-15-42(16-18-43)32(45)23-39-9-7-24(8-10-39)22-40-11-13-41(14-12-40)31(44)21-36/h3-6,19,24H,1-2,7-18,20-23,36H2,(H,38,46). The van der Waals surface area contributed by atoms with Crippen molar-refractivity contribution in [1.29, 1.82) is 0 Å². The van der Waals surface area contributed by atoms with Gasteiger partial charge in [-0.1, -0.05) is 18.2 Å². The Kier molecular flexibility index (Phi) is 10.4. The van der Waals surface area contributed by atoms with Crippen LogP contribution in [0.1, 0.15) is 47.3 Å². The summed E-state index contributed by atoms with van der Waals surface area (Å²) in [5.41, 5.74) is 6.69. The summed E-state index contributed by atoms with van der Waals surface area (Å²) < 4.78 is 14.9. The second kappa shape index (κ2) is 14.9. The molecular weight excluding hydrogens is 603 g/mol.